The van der Waals surface area contributed by atoms with E-state index >= 15 is 0 Å². The Balaban J connectivity index is 2.13. The summed E-state index contributed by atoms with van der Waals surface area (Å²) in [4.78, 5) is -0.427. The third-order valence-corrected chi connectivity index (χ3v) is 5.98. The number of ether oxygens (including phenoxy) is 2. The molecule has 1 heterocycles. The predicted molar refractivity (Wildman–Crippen MR) is 88.9 cm³/mol. The first-order chi connectivity index (χ1) is 11.4. The first kappa shape index (κ1) is 16.6. The second-order valence-corrected chi connectivity index (χ2v) is 7.46. The van der Waals surface area contributed by atoms with Crippen molar-refractivity contribution in [1.82, 2.24) is 0 Å². The molecule has 128 valence electrons. The first-order valence-corrected chi connectivity index (χ1v) is 8.87. The van der Waals surface area contributed by atoms with Crippen molar-refractivity contribution in [1.29, 1.82) is 0 Å². The van der Waals surface area contributed by atoms with Crippen molar-refractivity contribution >= 4 is 15.7 Å². The van der Waals surface area contributed by atoms with Crippen LogP contribution in [0.5, 0.6) is 11.5 Å². The molecule has 3 rings (SSSR count). The minimum absolute atomic E-state index is 0.0409. The van der Waals surface area contributed by atoms with Gasteiger partial charge in [-0.2, -0.15) is 0 Å². The summed E-state index contributed by atoms with van der Waals surface area (Å²) in [6.07, 6.45) is 0. The Labute approximate surface area is 140 Å². The normalized spacial score (nSPS) is 16.8. The lowest BCUT2D eigenvalue weighted by Gasteiger charge is -2.21. The van der Waals surface area contributed by atoms with E-state index in [0.717, 1.165) is 17.7 Å². The number of nitrogens with zero attached hydrogens (tertiary/aromatic N) is 1. The zero-order chi connectivity index (χ0) is 17.5. The summed E-state index contributed by atoms with van der Waals surface area (Å²) in [5.74, 6) is -0.522. The lowest BCUT2D eigenvalue weighted by molar-refractivity contribution is 0.350. The molecule has 1 aliphatic heterocycles. The van der Waals surface area contributed by atoms with E-state index in [9.17, 15) is 12.8 Å². The van der Waals surface area contributed by atoms with E-state index in [-0.39, 0.29) is 24.0 Å². The van der Waals surface area contributed by atoms with Crippen molar-refractivity contribution in [2.45, 2.75) is 17.7 Å². The van der Waals surface area contributed by atoms with E-state index < -0.39 is 20.7 Å². The fraction of sp³-hybridized carbons (Fsp3) is 0.294. The minimum Gasteiger partial charge on any atom is -0.493 e. The van der Waals surface area contributed by atoms with Crippen LogP contribution in [0.3, 0.4) is 0 Å². The van der Waals surface area contributed by atoms with Crippen LogP contribution in [-0.4, -0.2) is 29.2 Å². The van der Waals surface area contributed by atoms with Crippen LogP contribution in [0.25, 0.3) is 0 Å². The fourth-order valence-electron chi connectivity index (χ4n) is 2.96. The molecule has 0 aliphatic carbocycles. The van der Waals surface area contributed by atoms with E-state index in [1.807, 2.05) is 19.1 Å². The number of rotatable bonds is 4. The van der Waals surface area contributed by atoms with Gasteiger partial charge < -0.3 is 9.47 Å². The zero-order valence-corrected chi connectivity index (χ0v) is 14.4. The van der Waals surface area contributed by atoms with Gasteiger partial charge in [0.05, 0.1) is 19.9 Å². The van der Waals surface area contributed by atoms with Crippen molar-refractivity contribution in [3.63, 3.8) is 0 Å². The number of halogens is 1. The number of benzene rings is 2. The zero-order valence-electron chi connectivity index (χ0n) is 13.6. The second-order valence-electron chi connectivity index (χ2n) is 5.63. The summed E-state index contributed by atoms with van der Waals surface area (Å²) in [6, 6.07) is 9.44. The molecule has 1 atom stereocenters. The lowest BCUT2D eigenvalue weighted by atomic mass is 10.0. The van der Waals surface area contributed by atoms with Crippen LogP contribution in [0.1, 0.15) is 18.4 Å². The van der Waals surface area contributed by atoms with Crippen molar-refractivity contribution in [2.24, 2.45) is 0 Å². The summed E-state index contributed by atoms with van der Waals surface area (Å²) in [5, 5.41) is 0. The maximum absolute atomic E-state index is 14.4. The molecule has 0 bridgehead atoms. The number of anilines is 1. The van der Waals surface area contributed by atoms with Crippen LogP contribution >= 0.6 is 0 Å². The Hall–Kier alpha value is -2.28. The Kier molecular flexibility index (Phi) is 4.13. The van der Waals surface area contributed by atoms with Crippen molar-refractivity contribution in [3.05, 3.63) is 47.8 Å². The number of methoxy groups -OCH3 is 2. The standard InChI is InChI=1S/C17H18FNO4S/c1-11-10-19(14-7-5-4-6-12(11)14)24(20,21)17-9-16(23-3)15(22-2)8-13(17)18/h4-9,11H,10H2,1-3H3. The summed E-state index contributed by atoms with van der Waals surface area (Å²) in [6.45, 7) is 2.22. The van der Waals surface area contributed by atoms with E-state index in [1.54, 1.807) is 12.1 Å². The van der Waals surface area contributed by atoms with Crippen molar-refractivity contribution in [3.8, 4) is 11.5 Å². The highest BCUT2D eigenvalue weighted by molar-refractivity contribution is 7.92. The van der Waals surface area contributed by atoms with Crippen LogP contribution < -0.4 is 13.8 Å². The van der Waals surface area contributed by atoms with Gasteiger partial charge in [0, 0.05) is 24.6 Å². The average molecular weight is 351 g/mol. The van der Waals surface area contributed by atoms with Gasteiger partial charge in [-0.1, -0.05) is 25.1 Å². The molecule has 1 aliphatic rings. The van der Waals surface area contributed by atoms with Crippen LogP contribution in [0, 0.1) is 5.82 Å². The molecule has 0 saturated carbocycles. The molecule has 5 nitrogen and oxygen atoms in total. The molecule has 0 amide bonds. The van der Waals surface area contributed by atoms with Gasteiger partial charge in [-0.05, 0) is 11.6 Å². The van der Waals surface area contributed by atoms with Gasteiger partial charge in [-0.3, -0.25) is 4.31 Å². The highest BCUT2D eigenvalue weighted by Crippen LogP contribution is 2.41. The van der Waals surface area contributed by atoms with E-state index in [1.165, 1.54) is 18.5 Å². The topological polar surface area (TPSA) is 55.8 Å². The summed E-state index contributed by atoms with van der Waals surface area (Å²) < 4.78 is 51.8. The quantitative estimate of drug-likeness (QED) is 0.849. The predicted octanol–water partition coefficient (Wildman–Crippen LogP) is 3.16. The third kappa shape index (κ3) is 2.49. The van der Waals surface area contributed by atoms with E-state index in [2.05, 4.69) is 0 Å². The highest BCUT2D eigenvalue weighted by Gasteiger charge is 2.36. The Bertz CT molecular complexity index is 882. The van der Waals surface area contributed by atoms with E-state index in [0.29, 0.717) is 5.69 Å². The maximum Gasteiger partial charge on any atom is 0.267 e. The minimum atomic E-state index is -4.05. The molecular formula is C17H18FNO4S. The van der Waals surface area contributed by atoms with Gasteiger partial charge in [0.25, 0.3) is 10.0 Å². The molecule has 24 heavy (non-hydrogen) atoms. The molecular weight excluding hydrogens is 333 g/mol. The Morgan fingerprint density at radius 1 is 1.12 bits per heavy atom. The van der Waals surface area contributed by atoms with Crippen molar-refractivity contribution in [2.75, 3.05) is 25.1 Å². The van der Waals surface area contributed by atoms with Gasteiger partial charge in [-0.25, -0.2) is 12.8 Å². The highest BCUT2D eigenvalue weighted by atomic mass is 32.2. The molecule has 0 saturated heterocycles. The molecule has 0 fully saturated rings. The van der Waals surface area contributed by atoms with Gasteiger partial charge in [0.1, 0.15) is 10.7 Å². The molecule has 0 spiro atoms. The number of para-hydroxylation sites is 1. The molecule has 1 unspecified atom stereocenters. The molecule has 2 aromatic carbocycles. The first-order valence-electron chi connectivity index (χ1n) is 7.43. The number of hydrogen-bond acceptors (Lipinski definition) is 4. The number of fused-ring (bicyclic) bond motifs is 1. The maximum atomic E-state index is 14.4. The van der Waals surface area contributed by atoms with Crippen LogP contribution in [0.4, 0.5) is 10.1 Å². The van der Waals surface area contributed by atoms with Gasteiger partial charge >= 0.3 is 0 Å². The van der Waals surface area contributed by atoms with Crippen LogP contribution in [0.2, 0.25) is 0 Å². The Morgan fingerprint density at radius 3 is 2.42 bits per heavy atom. The van der Waals surface area contributed by atoms with Gasteiger partial charge in [0.2, 0.25) is 0 Å². The summed E-state index contributed by atoms with van der Waals surface area (Å²) in [5.41, 5.74) is 1.51. The summed E-state index contributed by atoms with van der Waals surface area (Å²) in [7, 11) is -1.31. The average Bonchev–Trinajstić information content (AvgIpc) is 2.92. The molecule has 2 aromatic rings. The molecule has 0 radical (unpaired) electrons. The van der Waals surface area contributed by atoms with Crippen LogP contribution in [-0.2, 0) is 10.0 Å². The van der Waals surface area contributed by atoms with Gasteiger partial charge in [0.15, 0.2) is 11.5 Å². The monoisotopic (exact) mass is 351 g/mol. The smallest absolute Gasteiger partial charge is 0.267 e. The van der Waals surface area contributed by atoms with Gasteiger partial charge in [-0.15, -0.1) is 0 Å². The Morgan fingerprint density at radius 2 is 1.75 bits per heavy atom. The third-order valence-electron chi connectivity index (χ3n) is 4.18. The summed E-state index contributed by atoms with van der Waals surface area (Å²) >= 11 is 0. The number of sulfonamides is 1. The van der Waals surface area contributed by atoms with Crippen molar-refractivity contribution < 1.29 is 22.3 Å². The second kappa shape index (κ2) is 5.98. The lowest BCUT2D eigenvalue weighted by Crippen LogP contribution is -2.30. The van der Waals surface area contributed by atoms with E-state index in [4.69, 9.17) is 9.47 Å². The molecule has 0 N–H and O–H groups in total. The number of hydrogen-bond donors (Lipinski definition) is 0. The molecule has 7 heteroatoms. The molecule has 0 aromatic heterocycles. The SMILES string of the molecule is COc1cc(F)c(S(=O)(=O)N2CC(C)c3ccccc32)cc1OC. The fourth-order valence-corrected chi connectivity index (χ4v) is 4.60. The van der Waals surface area contributed by atoms with Crippen LogP contribution in [0.15, 0.2) is 41.3 Å². The largest absolute Gasteiger partial charge is 0.493 e.